The summed E-state index contributed by atoms with van der Waals surface area (Å²) in [6.45, 7) is 7.90. The number of aromatic nitrogens is 1. The highest BCUT2D eigenvalue weighted by Gasteiger charge is 2.45. The van der Waals surface area contributed by atoms with E-state index < -0.39 is 36.2 Å². The smallest absolute Gasteiger partial charge is 0.407 e. The van der Waals surface area contributed by atoms with Crippen LogP contribution in [0, 0.1) is 11.3 Å². The summed E-state index contributed by atoms with van der Waals surface area (Å²) in [6.07, 6.45) is 7.34. The number of rotatable bonds is 11. The van der Waals surface area contributed by atoms with Gasteiger partial charge in [-0.15, -0.1) is 6.58 Å². The normalized spacial score (nSPS) is 20.1. The van der Waals surface area contributed by atoms with Crippen molar-refractivity contribution in [2.75, 3.05) is 20.3 Å². The van der Waals surface area contributed by atoms with E-state index in [-0.39, 0.29) is 30.9 Å². The van der Waals surface area contributed by atoms with Crippen LogP contribution in [0.4, 0.5) is 4.79 Å². The van der Waals surface area contributed by atoms with Gasteiger partial charge in [0.15, 0.2) is 0 Å². The lowest BCUT2D eigenvalue weighted by atomic mass is 9.83. The Hall–Kier alpha value is -3.34. The first kappa shape index (κ1) is 31.6. The number of halogens is 1. The molecule has 10 nitrogen and oxygen atoms in total. The molecule has 4 rings (SSSR count). The van der Waals surface area contributed by atoms with Gasteiger partial charge < -0.3 is 29.5 Å². The largest absolute Gasteiger partial charge is 0.496 e. The van der Waals surface area contributed by atoms with Gasteiger partial charge in [0.05, 0.1) is 24.7 Å². The van der Waals surface area contributed by atoms with Crippen LogP contribution in [0.3, 0.4) is 0 Å². The molecule has 2 N–H and O–H groups in total. The Morgan fingerprint density at radius 3 is 2.67 bits per heavy atom. The van der Waals surface area contributed by atoms with E-state index in [1.165, 1.54) is 4.90 Å². The van der Waals surface area contributed by atoms with E-state index in [1.807, 2.05) is 32.0 Å². The standard InChI is InChI=1S/C31H40BrN3O7/c1-5-12-31(2,3)18-41-30(39)34-26(19-9-7-6-8-10-19)28(36)35-17-21(15-24(35)29(37)38)42-27-22-16-23(32)25(40-4)14-20(22)11-13-33-27/h5,11,13-14,16,19,21,24,26H,1,6-10,12,15,17-18H2,2-4H3,(H,34,39)(H,37,38)/t21-,24+,26+/m1/s1. The maximum absolute atomic E-state index is 14.0. The molecule has 0 unspecified atom stereocenters. The molecule has 1 aliphatic carbocycles. The lowest BCUT2D eigenvalue weighted by Gasteiger charge is -2.34. The molecule has 42 heavy (non-hydrogen) atoms. The zero-order chi connectivity index (χ0) is 30.4. The van der Waals surface area contributed by atoms with Crippen molar-refractivity contribution in [3.05, 3.63) is 41.5 Å². The van der Waals surface area contributed by atoms with E-state index >= 15 is 0 Å². The van der Waals surface area contributed by atoms with Crippen molar-refractivity contribution < 1.29 is 33.7 Å². The highest BCUT2D eigenvalue weighted by molar-refractivity contribution is 9.10. The summed E-state index contributed by atoms with van der Waals surface area (Å²) in [5.41, 5.74) is -0.298. The number of carbonyl (C=O) groups excluding carboxylic acids is 2. The average molecular weight is 647 g/mol. The molecule has 1 aromatic carbocycles. The number of carboxylic acid groups (broad SMARTS) is 1. The Bertz CT molecular complexity index is 1310. The second-order valence-electron chi connectivity index (χ2n) is 11.9. The molecule has 0 spiro atoms. The number of fused-ring (bicyclic) bond motifs is 1. The van der Waals surface area contributed by atoms with Gasteiger partial charge in [-0.2, -0.15) is 0 Å². The second kappa shape index (κ2) is 13.8. The van der Waals surface area contributed by atoms with Gasteiger partial charge in [0, 0.05) is 23.4 Å². The van der Waals surface area contributed by atoms with Gasteiger partial charge in [0.1, 0.15) is 23.9 Å². The molecule has 228 valence electrons. The van der Waals surface area contributed by atoms with E-state index in [9.17, 15) is 19.5 Å². The molecule has 11 heteroatoms. The van der Waals surface area contributed by atoms with Gasteiger partial charge in [-0.05, 0) is 64.7 Å². The van der Waals surface area contributed by atoms with E-state index in [0.29, 0.717) is 18.1 Å². The van der Waals surface area contributed by atoms with Crippen molar-refractivity contribution in [2.45, 2.75) is 77.0 Å². The molecule has 2 fully saturated rings. The molecule has 0 bridgehead atoms. The lowest BCUT2D eigenvalue weighted by molar-refractivity contribution is -0.149. The highest BCUT2D eigenvalue weighted by Crippen LogP contribution is 2.35. The fourth-order valence-corrected chi connectivity index (χ4v) is 6.33. The van der Waals surface area contributed by atoms with Crippen molar-refractivity contribution >= 4 is 44.7 Å². The molecule has 1 aromatic heterocycles. The fourth-order valence-electron chi connectivity index (χ4n) is 5.82. The number of carboxylic acids is 1. The lowest BCUT2D eigenvalue weighted by Crippen LogP contribution is -2.55. The Morgan fingerprint density at radius 2 is 2.00 bits per heavy atom. The molecular weight excluding hydrogens is 606 g/mol. The number of nitrogens with zero attached hydrogens (tertiary/aromatic N) is 2. The van der Waals surface area contributed by atoms with Gasteiger partial charge in [-0.3, -0.25) is 4.79 Å². The Morgan fingerprint density at radius 1 is 1.26 bits per heavy atom. The van der Waals surface area contributed by atoms with Crippen LogP contribution >= 0.6 is 15.9 Å². The Labute approximate surface area is 254 Å². The number of allylic oxidation sites excluding steroid dienone is 1. The summed E-state index contributed by atoms with van der Waals surface area (Å²) >= 11 is 3.50. The van der Waals surface area contributed by atoms with Gasteiger partial charge in [0.2, 0.25) is 11.8 Å². The number of amides is 2. The first-order valence-electron chi connectivity index (χ1n) is 14.4. The van der Waals surface area contributed by atoms with E-state index in [2.05, 4.69) is 32.8 Å². The zero-order valence-electron chi connectivity index (χ0n) is 24.4. The minimum atomic E-state index is -1.12. The van der Waals surface area contributed by atoms with Crippen LogP contribution in [0.5, 0.6) is 11.6 Å². The number of aliphatic carboxylic acids is 1. The Kier molecular flexibility index (Phi) is 10.3. The fraction of sp³-hybridized carbons (Fsp3) is 0.548. The first-order valence-corrected chi connectivity index (χ1v) is 15.2. The molecule has 3 atom stereocenters. The topological polar surface area (TPSA) is 127 Å². The maximum atomic E-state index is 14.0. The molecule has 0 radical (unpaired) electrons. The van der Waals surface area contributed by atoms with E-state index in [0.717, 1.165) is 47.3 Å². The van der Waals surface area contributed by atoms with Crippen LogP contribution in [0.25, 0.3) is 10.8 Å². The van der Waals surface area contributed by atoms with Crippen molar-refractivity contribution in [1.82, 2.24) is 15.2 Å². The predicted octanol–water partition coefficient (Wildman–Crippen LogP) is 5.72. The minimum absolute atomic E-state index is 0.0531. The maximum Gasteiger partial charge on any atom is 0.407 e. The molecule has 1 saturated carbocycles. The summed E-state index contributed by atoms with van der Waals surface area (Å²) in [5.74, 6) is -0.661. The summed E-state index contributed by atoms with van der Waals surface area (Å²) in [6, 6.07) is 3.55. The number of ether oxygens (including phenoxy) is 3. The van der Waals surface area contributed by atoms with E-state index in [4.69, 9.17) is 14.2 Å². The number of likely N-dealkylation sites (tertiary alicyclic amines) is 1. The third-order valence-corrected chi connectivity index (χ3v) is 8.68. The van der Waals surface area contributed by atoms with Crippen LogP contribution in [0.2, 0.25) is 0 Å². The van der Waals surface area contributed by atoms with Gasteiger partial charge in [-0.25, -0.2) is 14.6 Å². The van der Waals surface area contributed by atoms with Crippen LogP contribution < -0.4 is 14.8 Å². The number of hydrogen-bond acceptors (Lipinski definition) is 7. The van der Waals surface area contributed by atoms with Crippen LogP contribution in [0.15, 0.2) is 41.5 Å². The van der Waals surface area contributed by atoms with Gasteiger partial charge in [0.25, 0.3) is 0 Å². The quantitative estimate of drug-likeness (QED) is 0.297. The molecule has 1 saturated heterocycles. The monoisotopic (exact) mass is 645 g/mol. The first-order chi connectivity index (χ1) is 20.0. The van der Waals surface area contributed by atoms with Crippen LogP contribution in [0.1, 0.15) is 58.8 Å². The number of pyridine rings is 1. The molecule has 1 aliphatic heterocycles. The van der Waals surface area contributed by atoms with Gasteiger partial charge >= 0.3 is 12.1 Å². The van der Waals surface area contributed by atoms with Crippen LogP contribution in [-0.2, 0) is 14.3 Å². The summed E-state index contributed by atoms with van der Waals surface area (Å²) < 4.78 is 17.9. The Balaban J connectivity index is 1.53. The summed E-state index contributed by atoms with van der Waals surface area (Å²) in [5, 5.41) is 14.4. The van der Waals surface area contributed by atoms with Crippen molar-refractivity contribution in [3.8, 4) is 11.6 Å². The summed E-state index contributed by atoms with van der Waals surface area (Å²) in [4.78, 5) is 45.0. The minimum Gasteiger partial charge on any atom is -0.496 e. The molecular formula is C31H40BrN3O7. The number of hydrogen-bond donors (Lipinski definition) is 2. The van der Waals surface area contributed by atoms with Crippen molar-refractivity contribution in [3.63, 3.8) is 0 Å². The van der Waals surface area contributed by atoms with Gasteiger partial charge in [-0.1, -0.05) is 39.2 Å². The number of methoxy groups -OCH3 is 1. The third kappa shape index (κ3) is 7.53. The number of nitrogens with one attached hydrogen (secondary N) is 1. The SMILES string of the molecule is C=CCC(C)(C)COC(=O)N[C@H](C(=O)N1C[C@H](Oc2nccc3cc(OC)c(Br)cc23)C[C@H]1C(=O)O)C1CCCCC1. The average Bonchev–Trinajstić information content (AvgIpc) is 3.39. The predicted molar refractivity (Wildman–Crippen MR) is 162 cm³/mol. The third-order valence-electron chi connectivity index (χ3n) is 8.06. The van der Waals surface area contributed by atoms with E-state index in [1.54, 1.807) is 19.4 Å². The summed E-state index contributed by atoms with van der Waals surface area (Å²) in [7, 11) is 1.58. The molecule has 2 aliphatic rings. The molecule has 2 aromatic rings. The zero-order valence-corrected chi connectivity index (χ0v) is 26.0. The number of carbonyl (C=O) groups is 3. The highest BCUT2D eigenvalue weighted by atomic mass is 79.9. The van der Waals surface area contributed by atoms with Crippen LogP contribution in [-0.4, -0.2) is 71.4 Å². The second-order valence-corrected chi connectivity index (χ2v) is 12.8. The number of benzene rings is 1. The van der Waals surface area contributed by atoms with Crippen molar-refractivity contribution in [1.29, 1.82) is 0 Å². The van der Waals surface area contributed by atoms with Crippen molar-refractivity contribution in [2.24, 2.45) is 11.3 Å². The molecule has 2 heterocycles. The molecule has 2 amide bonds. The number of alkyl carbamates (subject to hydrolysis) is 1.